The van der Waals surface area contributed by atoms with E-state index in [0.717, 1.165) is 44.5 Å². The van der Waals surface area contributed by atoms with Crippen molar-refractivity contribution in [3.8, 4) is 34.5 Å². The number of phenolic OH excluding ortho intramolecular Hbond substituents is 4. The lowest BCUT2D eigenvalue weighted by Gasteiger charge is -2.31. The van der Waals surface area contributed by atoms with E-state index in [9.17, 15) is 20.4 Å². The molecule has 4 aromatic carbocycles. The van der Waals surface area contributed by atoms with Gasteiger partial charge in [0.15, 0.2) is 23.0 Å². The molecule has 0 aromatic heterocycles. The highest BCUT2D eigenvalue weighted by Crippen LogP contribution is 2.49. The van der Waals surface area contributed by atoms with Crippen molar-refractivity contribution in [2.24, 2.45) is 0 Å². The summed E-state index contributed by atoms with van der Waals surface area (Å²) in [6, 6.07) is 17.8. The molecule has 0 aliphatic rings. The Hall–Kier alpha value is -4.32. The summed E-state index contributed by atoms with van der Waals surface area (Å²) < 4.78 is 11.2. The zero-order valence-electron chi connectivity index (χ0n) is 23.2. The normalized spacial score (nSPS) is 11.3. The minimum atomic E-state index is -0.193. The van der Waals surface area contributed by atoms with E-state index in [4.69, 9.17) is 9.47 Å². The van der Waals surface area contributed by atoms with Crippen molar-refractivity contribution >= 4 is 0 Å². The summed E-state index contributed by atoms with van der Waals surface area (Å²) >= 11 is 0. The Morgan fingerprint density at radius 3 is 1.26 bits per heavy atom. The van der Waals surface area contributed by atoms with Crippen LogP contribution in [-0.4, -0.2) is 34.6 Å². The molecule has 204 valence electrons. The third-order valence-corrected chi connectivity index (χ3v) is 7.68. The molecule has 0 heterocycles. The number of benzene rings is 4. The lowest BCUT2D eigenvalue weighted by molar-refractivity contribution is 0.368. The van der Waals surface area contributed by atoms with E-state index in [-0.39, 0.29) is 34.8 Å². The first-order valence-corrected chi connectivity index (χ1v) is 12.9. The van der Waals surface area contributed by atoms with Crippen molar-refractivity contribution < 1.29 is 29.9 Å². The number of rotatable bonds is 8. The number of hydrogen-bond donors (Lipinski definition) is 4. The van der Waals surface area contributed by atoms with Gasteiger partial charge in [0, 0.05) is 11.8 Å². The summed E-state index contributed by atoms with van der Waals surface area (Å²) in [5.74, 6) is 1.07. The zero-order chi connectivity index (χ0) is 28.4. The molecule has 0 bridgehead atoms. The maximum absolute atomic E-state index is 10.6. The van der Waals surface area contributed by atoms with Crippen molar-refractivity contribution in [1.82, 2.24) is 0 Å². The summed E-state index contributed by atoms with van der Waals surface area (Å²) in [5.41, 5.74) is 7.55. The van der Waals surface area contributed by atoms with Gasteiger partial charge in [0.1, 0.15) is 11.5 Å². The monoisotopic (exact) mass is 528 g/mol. The molecule has 0 saturated heterocycles. The minimum absolute atomic E-state index is 0.0837. The van der Waals surface area contributed by atoms with Crippen LogP contribution in [0.2, 0.25) is 0 Å². The molecule has 0 saturated carbocycles. The second-order valence-electron chi connectivity index (χ2n) is 10.1. The van der Waals surface area contributed by atoms with Crippen LogP contribution in [0, 0.1) is 27.7 Å². The fourth-order valence-electron chi connectivity index (χ4n) is 6.00. The van der Waals surface area contributed by atoms with Gasteiger partial charge in [-0.1, -0.05) is 24.3 Å². The molecule has 6 heteroatoms. The van der Waals surface area contributed by atoms with E-state index in [0.29, 0.717) is 17.9 Å². The number of phenols is 4. The average Bonchev–Trinajstić information content (AvgIpc) is 2.88. The highest BCUT2D eigenvalue weighted by Gasteiger charge is 2.31. The highest BCUT2D eigenvalue weighted by atomic mass is 16.5. The molecule has 0 amide bonds. The summed E-state index contributed by atoms with van der Waals surface area (Å²) in [5, 5.41) is 41.3. The Balaban J connectivity index is 2.02. The third-order valence-electron chi connectivity index (χ3n) is 7.68. The van der Waals surface area contributed by atoms with Crippen LogP contribution in [0.15, 0.2) is 60.7 Å². The van der Waals surface area contributed by atoms with E-state index in [2.05, 4.69) is 0 Å². The Bertz CT molecular complexity index is 1360. The molecule has 0 spiro atoms. The maximum atomic E-state index is 10.6. The molecule has 4 rings (SSSR count). The fraction of sp³-hybridized carbons (Fsp3) is 0.273. The first kappa shape index (κ1) is 27.7. The molecule has 0 aliphatic heterocycles. The van der Waals surface area contributed by atoms with Crippen LogP contribution < -0.4 is 9.47 Å². The van der Waals surface area contributed by atoms with Crippen LogP contribution in [0.3, 0.4) is 0 Å². The molecule has 0 unspecified atom stereocenters. The van der Waals surface area contributed by atoms with Crippen LogP contribution in [0.5, 0.6) is 34.5 Å². The van der Waals surface area contributed by atoms with Gasteiger partial charge >= 0.3 is 0 Å². The Morgan fingerprint density at radius 1 is 0.564 bits per heavy atom. The number of aryl methyl sites for hydroxylation is 2. The Kier molecular flexibility index (Phi) is 7.95. The molecular formula is C33H36O6. The van der Waals surface area contributed by atoms with Crippen molar-refractivity contribution in [3.05, 3.63) is 105 Å². The summed E-state index contributed by atoms with van der Waals surface area (Å²) in [7, 11) is 3.10. The Labute approximate surface area is 229 Å². The lowest BCUT2D eigenvalue weighted by Crippen LogP contribution is -2.15. The van der Waals surface area contributed by atoms with E-state index in [1.165, 1.54) is 0 Å². The van der Waals surface area contributed by atoms with E-state index in [1.807, 2.05) is 52.0 Å². The van der Waals surface area contributed by atoms with Crippen molar-refractivity contribution in [2.75, 3.05) is 14.2 Å². The molecule has 39 heavy (non-hydrogen) atoms. The second kappa shape index (κ2) is 11.2. The minimum Gasteiger partial charge on any atom is -0.508 e. The molecule has 4 aromatic rings. The van der Waals surface area contributed by atoms with Gasteiger partial charge in [-0.2, -0.15) is 0 Å². The van der Waals surface area contributed by atoms with Gasteiger partial charge in [0.25, 0.3) is 0 Å². The van der Waals surface area contributed by atoms with E-state index < -0.39 is 0 Å². The predicted octanol–water partition coefficient (Wildman–Crippen LogP) is 7.11. The smallest absolute Gasteiger partial charge is 0.163 e. The number of ether oxygens (including phenoxy) is 2. The molecule has 6 nitrogen and oxygen atoms in total. The predicted molar refractivity (Wildman–Crippen MR) is 153 cm³/mol. The van der Waals surface area contributed by atoms with Gasteiger partial charge in [-0.25, -0.2) is 0 Å². The van der Waals surface area contributed by atoms with Crippen molar-refractivity contribution in [1.29, 1.82) is 0 Å². The molecule has 0 radical (unpaired) electrons. The van der Waals surface area contributed by atoms with Crippen molar-refractivity contribution in [2.45, 2.75) is 46.0 Å². The molecule has 0 atom stereocenters. The Morgan fingerprint density at radius 2 is 0.923 bits per heavy atom. The number of methoxy groups -OCH3 is 2. The maximum Gasteiger partial charge on any atom is 0.163 e. The van der Waals surface area contributed by atoms with Crippen LogP contribution in [0.4, 0.5) is 0 Å². The third kappa shape index (κ3) is 5.32. The van der Waals surface area contributed by atoms with Gasteiger partial charge in [-0.15, -0.1) is 0 Å². The van der Waals surface area contributed by atoms with E-state index in [1.54, 1.807) is 50.6 Å². The van der Waals surface area contributed by atoms with Crippen LogP contribution >= 0.6 is 0 Å². The lowest BCUT2D eigenvalue weighted by atomic mass is 9.73. The fourth-order valence-corrected chi connectivity index (χ4v) is 6.00. The summed E-state index contributed by atoms with van der Waals surface area (Å²) in [6.45, 7) is 7.86. The highest BCUT2D eigenvalue weighted by molar-refractivity contribution is 5.61. The van der Waals surface area contributed by atoms with Crippen molar-refractivity contribution in [3.63, 3.8) is 0 Å². The van der Waals surface area contributed by atoms with Gasteiger partial charge in [-0.05, 0) is 115 Å². The van der Waals surface area contributed by atoms with E-state index >= 15 is 0 Å². The van der Waals surface area contributed by atoms with Crippen LogP contribution in [0.1, 0.15) is 62.8 Å². The molecular weight excluding hydrogens is 492 g/mol. The number of aromatic hydroxyl groups is 4. The SMILES string of the molecule is COc1c(O)cc(C)c(C(CC(c2ccc(O)cc2)c2ccc(O)cc2)c2c(C)cc(O)c(OC)c2C)c1C. The summed E-state index contributed by atoms with van der Waals surface area (Å²) in [4.78, 5) is 0. The first-order valence-electron chi connectivity index (χ1n) is 12.9. The first-order chi connectivity index (χ1) is 18.6. The van der Waals surface area contributed by atoms with Crippen LogP contribution in [-0.2, 0) is 0 Å². The zero-order valence-corrected chi connectivity index (χ0v) is 23.2. The molecule has 0 aliphatic carbocycles. The standard InChI is InChI=1S/C33H36O6/c1-18-15-28(36)32(38-5)20(3)30(18)27(31-19(2)16-29(37)33(39-6)21(31)4)17-26(22-7-11-24(34)12-8-22)23-9-13-25(35)14-10-23/h7-16,26-27,34-37H,17H2,1-6H3. The quantitative estimate of drug-likeness (QED) is 0.194. The molecule has 0 fully saturated rings. The number of hydrogen-bond acceptors (Lipinski definition) is 6. The average molecular weight is 529 g/mol. The van der Waals surface area contributed by atoms with Gasteiger partial charge < -0.3 is 29.9 Å². The topological polar surface area (TPSA) is 99.4 Å². The largest absolute Gasteiger partial charge is 0.508 e. The summed E-state index contributed by atoms with van der Waals surface area (Å²) in [6.07, 6.45) is 0.612. The van der Waals surface area contributed by atoms with Gasteiger partial charge in [0.2, 0.25) is 0 Å². The second-order valence-corrected chi connectivity index (χ2v) is 10.1. The van der Waals surface area contributed by atoms with Gasteiger partial charge in [-0.3, -0.25) is 0 Å². The van der Waals surface area contributed by atoms with Crippen LogP contribution in [0.25, 0.3) is 0 Å². The van der Waals surface area contributed by atoms with Gasteiger partial charge in [0.05, 0.1) is 14.2 Å². The molecule has 4 N–H and O–H groups in total.